The zero-order valence-electron chi connectivity index (χ0n) is 14.7. The van der Waals surface area contributed by atoms with E-state index in [1.165, 1.54) is 0 Å². The maximum atomic E-state index is 11.0. The number of nitriles is 2. The Hall–Kier alpha value is -2.77. The average Bonchev–Trinajstić information content (AvgIpc) is 2.83. The van der Waals surface area contributed by atoms with Gasteiger partial charge in [-0.2, -0.15) is 10.5 Å². The van der Waals surface area contributed by atoms with Gasteiger partial charge in [0.1, 0.15) is 17.5 Å². The van der Waals surface area contributed by atoms with Gasteiger partial charge < -0.3 is 14.7 Å². The summed E-state index contributed by atoms with van der Waals surface area (Å²) in [5.74, 6) is 1.04. The Morgan fingerprint density at radius 2 is 2.04 bits per heavy atom. The van der Waals surface area contributed by atoms with Crippen molar-refractivity contribution in [3.63, 3.8) is 0 Å². The minimum atomic E-state index is -0.867. The molecule has 7 heteroatoms. The lowest BCUT2D eigenvalue weighted by molar-refractivity contribution is -0.0817. The second-order valence-electron chi connectivity index (χ2n) is 7.57. The predicted octanol–water partition coefficient (Wildman–Crippen LogP) is 1.65. The molecule has 0 spiro atoms. The molecule has 0 fully saturated rings. The Balaban J connectivity index is 2.13. The molecule has 0 bridgehead atoms. The molecule has 0 aromatic heterocycles. The van der Waals surface area contributed by atoms with E-state index in [2.05, 4.69) is 16.4 Å². The highest BCUT2D eigenvalue weighted by Crippen LogP contribution is 2.44. The molecule has 2 atom stereocenters. The second-order valence-corrected chi connectivity index (χ2v) is 7.57. The number of benzene rings is 1. The number of nitrogens with zero attached hydrogens (tertiary/aromatic N) is 4. The molecule has 0 radical (unpaired) electrons. The van der Waals surface area contributed by atoms with E-state index in [9.17, 15) is 10.4 Å². The van der Waals surface area contributed by atoms with Crippen LogP contribution in [0.15, 0.2) is 23.2 Å². The lowest BCUT2D eigenvalue weighted by atomic mass is 9.84. The molecule has 1 aromatic carbocycles. The molecule has 0 saturated carbocycles. The third-order valence-corrected chi connectivity index (χ3v) is 4.58. The fourth-order valence-corrected chi connectivity index (χ4v) is 3.43. The number of aliphatic imine (C=N–C) groups is 1. The predicted molar refractivity (Wildman–Crippen MR) is 91.6 cm³/mol. The molecule has 2 N–H and O–H groups in total. The number of aliphatic hydroxyl groups is 1. The van der Waals surface area contributed by atoms with Crippen LogP contribution in [0.4, 0.5) is 0 Å². The summed E-state index contributed by atoms with van der Waals surface area (Å²) in [5, 5.41) is 31.9. The summed E-state index contributed by atoms with van der Waals surface area (Å²) in [5.41, 5.74) is -0.00884. The van der Waals surface area contributed by atoms with Crippen molar-refractivity contribution < 1.29 is 9.84 Å². The Bertz CT molecular complexity index is 816. The molecule has 25 heavy (non-hydrogen) atoms. The molecule has 2 heterocycles. The Kier molecular flexibility index (Phi) is 3.85. The van der Waals surface area contributed by atoms with E-state index >= 15 is 0 Å². The third-order valence-electron chi connectivity index (χ3n) is 4.58. The normalized spacial score (nSPS) is 25.9. The summed E-state index contributed by atoms with van der Waals surface area (Å²) < 4.78 is 5.96. The molecule has 7 nitrogen and oxygen atoms in total. The number of hydrogen-bond donors (Lipinski definition) is 2. The first-order valence-corrected chi connectivity index (χ1v) is 8.11. The fraction of sp³-hybridized carbons (Fsp3) is 0.500. The van der Waals surface area contributed by atoms with Gasteiger partial charge in [-0.3, -0.25) is 5.32 Å². The zero-order valence-corrected chi connectivity index (χ0v) is 14.7. The van der Waals surface area contributed by atoms with Crippen molar-refractivity contribution in [2.24, 2.45) is 4.99 Å². The highest BCUT2D eigenvalue weighted by molar-refractivity contribution is 5.84. The Morgan fingerprint density at radius 1 is 1.32 bits per heavy atom. The summed E-state index contributed by atoms with van der Waals surface area (Å²) in [4.78, 5) is 6.44. The van der Waals surface area contributed by atoms with Gasteiger partial charge in [0.15, 0.2) is 6.19 Å². The van der Waals surface area contributed by atoms with Gasteiger partial charge in [-0.15, -0.1) is 0 Å². The quantitative estimate of drug-likeness (QED) is 0.595. The molecular weight excluding hydrogens is 318 g/mol. The minimum absolute atomic E-state index is 0.394. The van der Waals surface area contributed by atoms with E-state index in [4.69, 9.17) is 10.00 Å². The zero-order chi connectivity index (χ0) is 18.4. The van der Waals surface area contributed by atoms with Crippen LogP contribution in [0.3, 0.4) is 0 Å². The van der Waals surface area contributed by atoms with Crippen LogP contribution in [0.1, 0.15) is 44.9 Å². The van der Waals surface area contributed by atoms with Gasteiger partial charge in [0.05, 0.1) is 23.2 Å². The third kappa shape index (κ3) is 2.88. The number of rotatable bonds is 1. The van der Waals surface area contributed by atoms with Crippen molar-refractivity contribution in [2.45, 2.75) is 51.0 Å². The van der Waals surface area contributed by atoms with Gasteiger partial charge in [0, 0.05) is 12.1 Å². The van der Waals surface area contributed by atoms with Crippen LogP contribution in [-0.2, 0) is 0 Å². The first kappa shape index (κ1) is 17.1. The Labute approximate surface area is 147 Å². The number of ether oxygens (including phenoxy) is 1. The summed E-state index contributed by atoms with van der Waals surface area (Å²) in [7, 11) is 0. The minimum Gasteiger partial charge on any atom is -0.485 e. The molecule has 2 aliphatic heterocycles. The summed E-state index contributed by atoms with van der Waals surface area (Å²) >= 11 is 0. The molecule has 3 rings (SSSR count). The molecule has 1 aromatic rings. The van der Waals surface area contributed by atoms with E-state index in [0.29, 0.717) is 23.8 Å². The van der Waals surface area contributed by atoms with Gasteiger partial charge in [0.25, 0.3) is 0 Å². The van der Waals surface area contributed by atoms with E-state index in [0.717, 1.165) is 5.56 Å². The molecule has 0 amide bonds. The smallest absolute Gasteiger partial charge is 0.208 e. The van der Waals surface area contributed by atoms with Crippen molar-refractivity contribution in [3.8, 4) is 18.0 Å². The molecule has 2 aliphatic rings. The van der Waals surface area contributed by atoms with Gasteiger partial charge in [-0.25, -0.2) is 4.99 Å². The maximum Gasteiger partial charge on any atom is 0.208 e. The summed E-state index contributed by atoms with van der Waals surface area (Å²) in [6.07, 6.45) is 1.04. The van der Waals surface area contributed by atoms with Crippen molar-refractivity contribution in [3.05, 3.63) is 29.3 Å². The van der Waals surface area contributed by atoms with Crippen molar-refractivity contribution in [1.29, 1.82) is 10.5 Å². The van der Waals surface area contributed by atoms with E-state index in [1.807, 2.05) is 38.8 Å². The van der Waals surface area contributed by atoms with E-state index in [-0.39, 0.29) is 0 Å². The lowest BCUT2D eigenvalue weighted by Gasteiger charge is -2.46. The van der Waals surface area contributed by atoms with Gasteiger partial charge in [-0.1, -0.05) is 0 Å². The van der Waals surface area contributed by atoms with E-state index < -0.39 is 23.3 Å². The summed E-state index contributed by atoms with van der Waals surface area (Å²) in [6.45, 7) is 8.11. The van der Waals surface area contributed by atoms with Crippen LogP contribution >= 0.6 is 0 Å². The highest BCUT2D eigenvalue weighted by Gasteiger charge is 2.49. The molecule has 0 unspecified atom stereocenters. The molecule has 0 saturated heterocycles. The average molecular weight is 339 g/mol. The Morgan fingerprint density at radius 3 is 2.68 bits per heavy atom. The van der Waals surface area contributed by atoms with Crippen molar-refractivity contribution >= 4 is 5.96 Å². The molecule has 130 valence electrons. The number of nitrogens with one attached hydrogen (secondary N) is 1. The van der Waals surface area contributed by atoms with Gasteiger partial charge in [-0.05, 0) is 45.9 Å². The van der Waals surface area contributed by atoms with Crippen LogP contribution in [0.5, 0.6) is 5.75 Å². The van der Waals surface area contributed by atoms with Crippen LogP contribution in [0.2, 0.25) is 0 Å². The number of aliphatic hydroxyl groups excluding tert-OH is 1. The van der Waals surface area contributed by atoms with E-state index in [1.54, 1.807) is 18.2 Å². The number of hydrogen-bond acceptors (Lipinski definition) is 7. The molecule has 0 aliphatic carbocycles. The lowest BCUT2D eigenvalue weighted by Crippen LogP contribution is -2.55. The first-order chi connectivity index (χ1) is 11.7. The fourth-order valence-electron chi connectivity index (χ4n) is 3.43. The highest BCUT2D eigenvalue weighted by atomic mass is 16.5. The number of fused-ring (bicyclic) bond motifs is 1. The maximum absolute atomic E-state index is 11.0. The topological polar surface area (TPSA) is 105 Å². The summed E-state index contributed by atoms with van der Waals surface area (Å²) in [6, 6.07) is 6.82. The van der Waals surface area contributed by atoms with Crippen LogP contribution < -0.4 is 10.1 Å². The second kappa shape index (κ2) is 5.65. The van der Waals surface area contributed by atoms with Crippen LogP contribution in [-0.4, -0.2) is 39.8 Å². The first-order valence-electron chi connectivity index (χ1n) is 8.11. The van der Waals surface area contributed by atoms with Gasteiger partial charge >= 0.3 is 0 Å². The monoisotopic (exact) mass is 339 g/mol. The molecular formula is C18H21N5O2. The van der Waals surface area contributed by atoms with Crippen LogP contribution in [0, 0.1) is 22.8 Å². The van der Waals surface area contributed by atoms with Crippen molar-refractivity contribution in [2.75, 3.05) is 6.54 Å². The largest absolute Gasteiger partial charge is 0.485 e. The van der Waals surface area contributed by atoms with Crippen LogP contribution in [0.25, 0.3) is 0 Å². The number of guanidine groups is 1. The van der Waals surface area contributed by atoms with Crippen molar-refractivity contribution in [1.82, 2.24) is 10.2 Å². The standard InChI is InChI=1S/C18H21N5O2/c1-17(2)9-23(16(22-17)21-10-20)14-12-7-11(8-19)5-6-13(12)25-18(3,4)15(14)24/h5-7,14-15,24H,9H2,1-4H3,(H,21,22)/t14-,15+/m1/s1. The SMILES string of the molecule is CC1(C)CN([C@@H]2c3cc(C#N)ccc3OC(C)(C)[C@H]2O)C(NC#N)=N1. The van der Waals surface area contributed by atoms with Gasteiger partial charge in [0.2, 0.25) is 5.96 Å².